The van der Waals surface area contributed by atoms with E-state index < -0.39 is 41.1 Å². The molecule has 0 bridgehead atoms. The highest BCUT2D eigenvalue weighted by atomic mass is 19.4. The van der Waals surface area contributed by atoms with Crippen molar-refractivity contribution in [2.24, 2.45) is 5.73 Å². The second-order valence-electron chi connectivity index (χ2n) is 4.68. The predicted molar refractivity (Wildman–Crippen MR) is 68.0 cm³/mol. The molecule has 3 N–H and O–H groups in total. The van der Waals surface area contributed by atoms with Crippen LogP contribution < -0.4 is 11.1 Å². The van der Waals surface area contributed by atoms with E-state index in [1.54, 1.807) is 6.92 Å². The van der Waals surface area contributed by atoms with Gasteiger partial charge in [-0.15, -0.1) is 0 Å². The molecule has 9 heteroatoms. The second kappa shape index (κ2) is 6.55. The van der Waals surface area contributed by atoms with Gasteiger partial charge in [-0.3, -0.25) is 4.79 Å². The van der Waals surface area contributed by atoms with Crippen molar-refractivity contribution in [1.82, 2.24) is 0 Å². The Morgan fingerprint density at radius 3 is 1.91 bits per heavy atom. The SMILES string of the molecule is CCCC(N)C(=O)Nc1cc(C(F)(F)F)cc(C(F)(F)F)c1. The van der Waals surface area contributed by atoms with E-state index in [9.17, 15) is 31.1 Å². The number of alkyl halides is 6. The van der Waals surface area contributed by atoms with Crippen LogP contribution in [-0.2, 0) is 17.1 Å². The van der Waals surface area contributed by atoms with E-state index in [0.717, 1.165) is 0 Å². The summed E-state index contributed by atoms with van der Waals surface area (Å²) in [6.07, 6.45) is -9.12. The zero-order valence-corrected chi connectivity index (χ0v) is 11.5. The maximum Gasteiger partial charge on any atom is 0.416 e. The number of halogens is 6. The van der Waals surface area contributed by atoms with Gasteiger partial charge in [0.15, 0.2) is 0 Å². The fraction of sp³-hybridized carbons (Fsp3) is 0.462. The highest BCUT2D eigenvalue weighted by Crippen LogP contribution is 2.37. The highest BCUT2D eigenvalue weighted by molar-refractivity contribution is 5.94. The zero-order chi connectivity index (χ0) is 17.1. The molecule has 0 aliphatic carbocycles. The largest absolute Gasteiger partial charge is 0.416 e. The van der Waals surface area contributed by atoms with E-state index in [1.165, 1.54) is 0 Å². The molecule has 0 saturated carbocycles. The molecule has 1 aromatic carbocycles. The first-order valence-corrected chi connectivity index (χ1v) is 6.31. The first kappa shape index (κ1) is 18.3. The number of amides is 1. The van der Waals surface area contributed by atoms with Gasteiger partial charge in [0.05, 0.1) is 17.2 Å². The number of benzene rings is 1. The standard InChI is InChI=1S/C13H14F6N2O/c1-2-3-10(20)11(22)21-9-5-7(12(14,15)16)4-8(6-9)13(17,18)19/h4-6,10H,2-3,20H2,1H3,(H,21,22). The van der Waals surface area contributed by atoms with Crippen molar-refractivity contribution in [3.63, 3.8) is 0 Å². The quantitative estimate of drug-likeness (QED) is 0.826. The van der Waals surface area contributed by atoms with Gasteiger partial charge in [-0.25, -0.2) is 0 Å². The van der Waals surface area contributed by atoms with Gasteiger partial charge in [0, 0.05) is 5.69 Å². The number of hydrogen-bond donors (Lipinski definition) is 2. The summed E-state index contributed by atoms with van der Waals surface area (Å²) in [5, 5.41) is 1.99. The highest BCUT2D eigenvalue weighted by Gasteiger charge is 2.37. The molecule has 0 spiro atoms. The maximum absolute atomic E-state index is 12.6. The Hall–Kier alpha value is -1.77. The summed E-state index contributed by atoms with van der Waals surface area (Å²) in [7, 11) is 0. The normalized spacial score (nSPS) is 13.8. The van der Waals surface area contributed by atoms with Crippen molar-refractivity contribution in [3.05, 3.63) is 29.3 Å². The summed E-state index contributed by atoms with van der Waals surface area (Å²) >= 11 is 0. The van der Waals surface area contributed by atoms with E-state index in [2.05, 4.69) is 0 Å². The van der Waals surface area contributed by atoms with Gasteiger partial charge in [0.2, 0.25) is 5.91 Å². The third-order valence-corrected chi connectivity index (χ3v) is 2.79. The third-order valence-electron chi connectivity index (χ3n) is 2.79. The number of hydrogen-bond acceptors (Lipinski definition) is 2. The molecule has 1 amide bonds. The van der Waals surface area contributed by atoms with Gasteiger partial charge in [-0.1, -0.05) is 13.3 Å². The lowest BCUT2D eigenvalue weighted by atomic mass is 10.1. The zero-order valence-electron chi connectivity index (χ0n) is 11.5. The summed E-state index contributed by atoms with van der Waals surface area (Å²) in [4.78, 5) is 11.6. The average Bonchev–Trinajstić information content (AvgIpc) is 2.36. The molecule has 0 aliphatic rings. The van der Waals surface area contributed by atoms with Crippen molar-refractivity contribution in [2.45, 2.75) is 38.2 Å². The van der Waals surface area contributed by atoms with E-state index in [4.69, 9.17) is 5.73 Å². The molecule has 124 valence electrons. The summed E-state index contributed by atoms with van der Waals surface area (Å²) < 4.78 is 75.9. The van der Waals surface area contributed by atoms with Crippen LogP contribution in [0.1, 0.15) is 30.9 Å². The average molecular weight is 328 g/mol. The van der Waals surface area contributed by atoms with Crippen LogP contribution in [0.2, 0.25) is 0 Å². The first-order valence-electron chi connectivity index (χ1n) is 6.31. The molecule has 0 radical (unpaired) electrons. The molecule has 3 nitrogen and oxygen atoms in total. The minimum Gasteiger partial charge on any atom is -0.325 e. The number of nitrogens with two attached hydrogens (primary N) is 1. The van der Waals surface area contributed by atoms with E-state index in [0.29, 0.717) is 18.6 Å². The van der Waals surface area contributed by atoms with Gasteiger partial charge >= 0.3 is 12.4 Å². The number of carbonyl (C=O) groups excluding carboxylic acids is 1. The molecule has 0 aliphatic heterocycles. The molecule has 0 saturated heterocycles. The molecule has 22 heavy (non-hydrogen) atoms. The molecule has 1 unspecified atom stereocenters. The number of anilines is 1. The van der Waals surface area contributed by atoms with Crippen LogP contribution in [-0.4, -0.2) is 11.9 Å². The van der Waals surface area contributed by atoms with Crippen molar-refractivity contribution < 1.29 is 31.1 Å². The van der Waals surface area contributed by atoms with Crippen molar-refractivity contribution >= 4 is 11.6 Å². The molecule has 1 rings (SSSR count). The molecular weight excluding hydrogens is 314 g/mol. The Morgan fingerprint density at radius 1 is 1.09 bits per heavy atom. The van der Waals surface area contributed by atoms with Crippen LogP contribution in [0.5, 0.6) is 0 Å². The van der Waals surface area contributed by atoms with Gasteiger partial charge in [0.1, 0.15) is 0 Å². The third kappa shape index (κ3) is 4.90. The number of carbonyl (C=O) groups is 1. The summed E-state index contributed by atoms with van der Waals surface area (Å²) in [6, 6.07) is -0.145. The Morgan fingerprint density at radius 2 is 1.55 bits per heavy atom. The molecular formula is C13H14F6N2O. The van der Waals surface area contributed by atoms with Crippen LogP contribution >= 0.6 is 0 Å². The lowest BCUT2D eigenvalue weighted by molar-refractivity contribution is -0.143. The predicted octanol–water partition coefficient (Wildman–Crippen LogP) is 3.79. The van der Waals surface area contributed by atoms with E-state index in [1.807, 2.05) is 5.32 Å². The number of rotatable bonds is 4. The van der Waals surface area contributed by atoms with Crippen LogP contribution in [0, 0.1) is 0 Å². The molecule has 0 heterocycles. The molecule has 1 aromatic rings. The van der Waals surface area contributed by atoms with Crippen molar-refractivity contribution in [1.29, 1.82) is 0 Å². The summed E-state index contributed by atoms with van der Waals surface area (Å²) in [5.41, 5.74) is 1.87. The van der Waals surface area contributed by atoms with Crippen molar-refractivity contribution in [2.75, 3.05) is 5.32 Å². The van der Waals surface area contributed by atoms with E-state index in [-0.39, 0.29) is 12.5 Å². The Bertz CT molecular complexity index is 506. The molecule has 0 aromatic heterocycles. The first-order chi connectivity index (χ1) is 9.95. The molecule has 1 atom stereocenters. The Labute approximate surface area is 122 Å². The van der Waals surface area contributed by atoms with Crippen molar-refractivity contribution in [3.8, 4) is 0 Å². The van der Waals surface area contributed by atoms with Crippen LogP contribution in [0.15, 0.2) is 18.2 Å². The summed E-state index contributed by atoms with van der Waals surface area (Å²) in [6.45, 7) is 1.74. The van der Waals surface area contributed by atoms with Crippen LogP contribution in [0.25, 0.3) is 0 Å². The topological polar surface area (TPSA) is 55.1 Å². The lowest BCUT2D eigenvalue weighted by Crippen LogP contribution is -2.35. The maximum atomic E-state index is 12.6. The fourth-order valence-corrected chi connectivity index (χ4v) is 1.70. The fourth-order valence-electron chi connectivity index (χ4n) is 1.70. The lowest BCUT2D eigenvalue weighted by Gasteiger charge is -2.16. The Kier molecular flexibility index (Phi) is 5.44. The second-order valence-corrected chi connectivity index (χ2v) is 4.68. The number of nitrogens with one attached hydrogen (secondary N) is 1. The molecule has 0 fully saturated rings. The van der Waals surface area contributed by atoms with E-state index >= 15 is 0 Å². The van der Waals surface area contributed by atoms with Gasteiger partial charge in [-0.05, 0) is 24.6 Å². The van der Waals surface area contributed by atoms with Gasteiger partial charge in [-0.2, -0.15) is 26.3 Å². The minimum absolute atomic E-state index is 0.0123. The summed E-state index contributed by atoms with van der Waals surface area (Å²) in [5.74, 6) is -0.839. The van der Waals surface area contributed by atoms with Gasteiger partial charge < -0.3 is 11.1 Å². The van der Waals surface area contributed by atoms with Crippen LogP contribution in [0.3, 0.4) is 0 Å². The monoisotopic (exact) mass is 328 g/mol. The van der Waals surface area contributed by atoms with Crippen LogP contribution in [0.4, 0.5) is 32.0 Å². The van der Waals surface area contributed by atoms with Gasteiger partial charge in [0.25, 0.3) is 0 Å². The smallest absolute Gasteiger partial charge is 0.325 e. The Balaban J connectivity index is 3.16. The minimum atomic E-state index is -4.97.